The molecule has 0 aliphatic heterocycles. The summed E-state index contributed by atoms with van der Waals surface area (Å²) in [5.41, 5.74) is 18.0. The van der Waals surface area contributed by atoms with Crippen molar-refractivity contribution in [1.82, 2.24) is 0 Å². The largest absolute Gasteiger partial charge is 0.309 e. The number of nitrogens with zero attached hydrogens (tertiary/aromatic N) is 1. The van der Waals surface area contributed by atoms with Gasteiger partial charge in [-0.25, -0.2) is 0 Å². The summed E-state index contributed by atoms with van der Waals surface area (Å²) in [4.78, 5) is 2.51. The van der Waals surface area contributed by atoms with Gasteiger partial charge >= 0.3 is 0 Å². The maximum atomic E-state index is 2.51. The van der Waals surface area contributed by atoms with E-state index >= 15 is 0 Å². The van der Waals surface area contributed by atoms with Crippen LogP contribution in [0.15, 0.2) is 224 Å². The average molecular weight is 766 g/mol. The lowest BCUT2D eigenvalue weighted by Gasteiger charge is -2.32. The molecule has 60 heavy (non-hydrogen) atoms. The zero-order valence-electron chi connectivity index (χ0n) is 33.8. The fraction of sp³-hybridized carbons (Fsp3) is 0.0508. The molecular weight excluding hydrogens is 723 g/mol. The molecule has 284 valence electrons. The second-order valence-electron chi connectivity index (χ2n) is 16.5. The van der Waals surface area contributed by atoms with Gasteiger partial charge in [0.2, 0.25) is 0 Å². The standard InChI is InChI=1S/C59H43N/c1-59(2)56-29-17-16-28-51(56)52-35-34-47(39-57(52)59)60(46-32-30-43(31-33-46)53-36-44-24-12-13-25-48(44)49-26-14-15-27-50(49)53)58-54(41-20-8-4-9-21-41)37-45(40-18-6-3-7-19-40)38-55(58)42-22-10-5-11-23-42/h3-39H,1-2H3. The van der Waals surface area contributed by atoms with Crippen LogP contribution in [-0.4, -0.2) is 0 Å². The summed E-state index contributed by atoms with van der Waals surface area (Å²) in [7, 11) is 0. The molecule has 10 aromatic carbocycles. The predicted octanol–water partition coefficient (Wildman–Crippen LogP) is 16.4. The Morgan fingerprint density at radius 3 is 1.47 bits per heavy atom. The first-order valence-electron chi connectivity index (χ1n) is 20.9. The van der Waals surface area contributed by atoms with Gasteiger partial charge in [-0.05, 0) is 120 Å². The van der Waals surface area contributed by atoms with Crippen LogP contribution in [-0.2, 0) is 5.41 Å². The molecule has 10 aromatic rings. The third-order valence-corrected chi connectivity index (χ3v) is 12.6. The molecule has 0 atom stereocenters. The highest BCUT2D eigenvalue weighted by Crippen LogP contribution is 2.53. The van der Waals surface area contributed by atoms with Gasteiger partial charge in [-0.2, -0.15) is 0 Å². The van der Waals surface area contributed by atoms with Crippen LogP contribution >= 0.6 is 0 Å². The Morgan fingerprint density at radius 1 is 0.300 bits per heavy atom. The quantitative estimate of drug-likeness (QED) is 0.146. The molecule has 1 aliphatic carbocycles. The summed E-state index contributed by atoms with van der Waals surface area (Å²) < 4.78 is 0. The van der Waals surface area contributed by atoms with E-state index in [0.717, 1.165) is 17.1 Å². The summed E-state index contributed by atoms with van der Waals surface area (Å²) in [6.45, 7) is 4.74. The molecule has 0 radical (unpaired) electrons. The summed E-state index contributed by atoms with van der Waals surface area (Å²) in [5, 5.41) is 5.06. The minimum Gasteiger partial charge on any atom is -0.309 e. The van der Waals surface area contributed by atoms with Crippen LogP contribution in [0.25, 0.3) is 77.2 Å². The van der Waals surface area contributed by atoms with Gasteiger partial charge in [-0.1, -0.05) is 196 Å². The lowest BCUT2D eigenvalue weighted by Crippen LogP contribution is -2.17. The predicted molar refractivity (Wildman–Crippen MR) is 255 cm³/mol. The summed E-state index contributed by atoms with van der Waals surface area (Å²) in [6.07, 6.45) is 0. The summed E-state index contributed by atoms with van der Waals surface area (Å²) >= 11 is 0. The smallest absolute Gasteiger partial charge is 0.0618 e. The van der Waals surface area contributed by atoms with Crippen LogP contribution in [0, 0.1) is 0 Å². The zero-order chi connectivity index (χ0) is 40.2. The minimum atomic E-state index is -0.156. The van der Waals surface area contributed by atoms with E-state index in [1.54, 1.807) is 0 Å². The molecule has 11 rings (SSSR count). The Hall–Kier alpha value is -7.48. The second-order valence-corrected chi connectivity index (χ2v) is 16.5. The molecule has 1 heteroatoms. The van der Waals surface area contributed by atoms with Crippen LogP contribution in [0.2, 0.25) is 0 Å². The Bertz CT molecular complexity index is 3140. The van der Waals surface area contributed by atoms with E-state index in [1.807, 2.05) is 0 Å². The van der Waals surface area contributed by atoms with Crippen LogP contribution in [0.3, 0.4) is 0 Å². The van der Waals surface area contributed by atoms with Gasteiger partial charge < -0.3 is 4.90 Å². The Labute approximate surface area is 352 Å². The Balaban J connectivity index is 1.19. The summed E-state index contributed by atoms with van der Waals surface area (Å²) in [6, 6.07) is 82.6. The fourth-order valence-corrected chi connectivity index (χ4v) is 9.67. The van der Waals surface area contributed by atoms with Crippen molar-refractivity contribution < 1.29 is 0 Å². The van der Waals surface area contributed by atoms with Crippen LogP contribution in [0.1, 0.15) is 25.0 Å². The lowest BCUT2D eigenvalue weighted by molar-refractivity contribution is 0.660. The highest BCUT2D eigenvalue weighted by molar-refractivity contribution is 6.14. The minimum absolute atomic E-state index is 0.156. The molecule has 0 saturated carbocycles. The van der Waals surface area contributed by atoms with Crippen LogP contribution in [0.4, 0.5) is 17.1 Å². The Kier molecular flexibility index (Phi) is 8.57. The second kappa shape index (κ2) is 14.4. The van der Waals surface area contributed by atoms with E-state index in [1.165, 1.54) is 88.3 Å². The number of anilines is 3. The fourth-order valence-electron chi connectivity index (χ4n) is 9.67. The van der Waals surface area contributed by atoms with Crippen LogP contribution in [0.5, 0.6) is 0 Å². The first-order chi connectivity index (χ1) is 29.5. The number of fused-ring (bicyclic) bond motifs is 6. The van der Waals surface area contributed by atoms with Gasteiger partial charge in [0, 0.05) is 27.9 Å². The van der Waals surface area contributed by atoms with Gasteiger partial charge in [-0.3, -0.25) is 0 Å². The third kappa shape index (κ3) is 5.93. The van der Waals surface area contributed by atoms with Gasteiger partial charge in [0.25, 0.3) is 0 Å². The van der Waals surface area contributed by atoms with Gasteiger partial charge in [0.1, 0.15) is 0 Å². The number of benzene rings is 10. The molecule has 0 unspecified atom stereocenters. The van der Waals surface area contributed by atoms with Crippen molar-refractivity contribution in [3.63, 3.8) is 0 Å². The van der Waals surface area contributed by atoms with Crippen molar-refractivity contribution in [2.75, 3.05) is 4.90 Å². The van der Waals surface area contributed by atoms with Crippen molar-refractivity contribution in [1.29, 1.82) is 0 Å². The lowest BCUT2D eigenvalue weighted by atomic mass is 9.82. The molecule has 0 heterocycles. The van der Waals surface area contributed by atoms with Crippen molar-refractivity contribution in [2.24, 2.45) is 0 Å². The first kappa shape index (κ1) is 35.7. The third-order valence-electron chi connectivity index (χ3n) is 12.6. The number of hydrogen-bond donors (Lipinski definition) is 0. The SMILES string of the molecule is CC1(C)c2ccccc2-c2ccc(N(c3ccc(-c4cc5ccccc5c5ccccc45)cc3)c3c(-c4ccccc4)cc(-c4ccccc4)cc3-c3ccccc3)cc21. The topological polar surface area (TPSA) is 3.24 Å². The highest BCUT2D eigenvalue weighted by atomic mass is 15.1. The number of hydrogen-bond acceptors (Lipinski definition) is 1. The van der Waals surface area contributed by atoms with Gasteiger partial charge in [-0.15, -0.1) is 0 Å². The monoisotopic (exact) mass is 765 g/mol. The normalized spacial score (nSPS) is 12.6. The Morgan fingerprint density at radius 2 is 0.800 bits per heavy atom. The van der Waals surface area contributed by atoms with Crippen molar-refractivity contribution in [3.8, 4) is 55.6 Å². The van der Waals surface area contributed by atoms with E-state index in [-0.39, 0.29) is 5.41 Å². The first-order valence-corrected chi connectivity index (χ1v) is 20.9. The summed E-state index contributed by atoms with van der Waals surface area (Å²) in [5.74, 6) is 0. The van der Waals surface area contributed by atoms with Gasteiger partial charge in [0.05, 0.1) is 5.69 Å². The van der Waals surface area contributed by atoms with Gasteiger partial charge in [0.15, 0.2) is 0 Å². The number of rotatable bonds is 7. The zero-order valence-corrected chi connectivity index (χ0v) is 33.8. The van der Waals surface area contributed by atoms with E-state index < -0.39 is 0 Å². The maximum absolute atomic E-state index is 2.51. The molecule has 0 spiro atoms. The maximum Gasteiger partial charge on any atom is 0.0618 e. The molecule has 0 saturated heterocycles. The molecule has 0 fully saturated rings. The van der Waals surface area contributed by atoms with E-state index in [9.17, 15) is 0 Å². The van der Waals surface area contributed by atoms with E-state index in [4.69, 9.17) is 0 Å². The molecule has 0 aromatic heterocycles. The molecule has 0 amide bonds. The van der Waals surface area contributed by atoms with E-state index in [2.05, 4.69) is 243 Å². The van der Waals surface area contributed by atoms with E-state index in [0.29, 0.717) is 0 Å². The van der Waals surface area contributed by atoms with Crippen molar-refractivity contribution in [3.05, 3.63) is 236 Å². The molecule has 0 N–H and O–H groups in total. The molecular formula is C59H43N. The molecule has 1 aliphatic rings. The molecule has 0 bridgehead atoms. The molecule has 1 nitrogen and oxygen atoms in total. The highest BCUT2D eigenvalue weighted by Gasteiger charge is 2.36. The van der Waals surface area contributed by atoms with Crippen molar-refractivity contribution in [2.45, 2.75) is 19.3 Å². The van der Waals surface area contributed by atoms with Crippen molar-refractivity contribution >= 4 is 38.6 Å². The van der Waals surface area contributed by atoms with Crippen LogP contribution < -0.4 is 4.90 Å². The average Bonchev–Trinajstić information content (AvgIpc) is 3.55.